The standard InChI is InChI=1S/C19H27N5O4/c1-4-5-7-23-15-16(21-18(23)28-14-10-13(2)11-20-12-14)22(3)19(27)24(17(15)26)8-6-9-25/h10-12,19,25,27H,4-9H2,1-3H3. The number of nitrogens with zero attached hydrogens (tertiary/aromatic N) is 5. The summed E-state index contributed by atoms with van der Waals surface area (Å²) in [6.45, 7) is 4.74. The normalized spacial score (nSPS) is 16.5. The van der Waals surface area contributed by atoms with Crippen LogP contribution in [-0.4, -0.2) is 62.1 Å². The molecule has 0 saturated carbocycles. The van der Waals surface area contributed by atoms with Gasteiger partial charge in [-0.05, 0) is 31.4 Å². The number of imidazole rings is 1. The smallest absolute Gasteiger partial charge is 0.304 e. The lowest BCUT2D eigenvalue weighted by atomic mass is 10.2. The molecule has 2 N–H and O–H groups in total. The van der Waals surface area contributed by atoms with Crippen LogP contribution in [-0.2, 0) is 6.54 Å². The first-order valence-electron chi connectivity index (χ1n) is 9.50. The average molecular weight is 389 g/mol. The van der Waals surface area contributed by atoms with Gasteiger partial charge in [0.15, 0.2) is 11.5 Å². The number of aromatic nitrogens is 3. The third kappa shape index (κ3) is 3.81. The second-order valence-electron chi connectivity index (χ2n) is 6.90. The van der Waals surface area contributed by atoms with Crippen molar-refractivity contribution in [2.24, 2.45) is 0 Å². The first-order chi connectivity index (χ1) is 13.5. The zero-order valence-corrected chi connectivity index (χ0v) is 16.5. The number of anilines is 1. The summed E-state index contributed by atoms with van der Waals surface area (Å²) in [4.78, 5) is 24.6. The van der Waals surface area contributed by atoms with E-state index in [1.54, 1.807) is 24.0 Å². The van der Waals surface area contributed by atoms with Gasteiger partial charge in [0.05, 0.1) is 6.20 Å². The molecule has 1 aliphatic rings. The number of fused-ring (bicyclic) bond motifs is 1. The van der Waals surface area contributed by atoms with Crippen LogP contribution >= 0.6 is 0 Å². The Bertz CT molecular complexity index is 838. The Hall–Kier alpha value is -2.65. The molecule has 3 heterocycles. The van der Waals surface area contributed by atoms with Crippen LogP contribution in [0.3, 0.4) is 0 Å². The maximum atomic E-state index is 13.1. The SMILES string of the molecule is CCCCn1c(Oc2cncc(C)c2)nc2c1C(=O)N(CCCO)C(O)N2C. The van der Waals surface area contributed by atoms with Gasteiger partial charge < -0.3 is 19.8 Å². The Morgan fingerprint density at radius 3 is 2.71 bits per heavy atom. The molecule has 28 heavy (non-hydrogen) atoms. The molecule has 0 fully saturated rings. The number of hydrogen-bond acceptors (Lipinski definition) is 7. The molecule has 2 aromatic heterocycles. The largest absolute Gasteiger partial charge is 0.424 e. The van der Waals surface area contributed by atoms with Gasteiger partial charge in [0.1, 0.15) is 5.75 Å². The molecular weight excluding hydrogens is 362 g/mol. The van der Waals surface area contributed by atoms with Crippen molar-refractivity contribution in [1.29, 1.82) is 0 Å². The van der Waals surface area contributed by atoms with E-state index >= 15 is 0 Å². The summed E-state index contributed by atoms with van der Waals surface area (Å²) < 4.78 is 7.72. The molecule has 0 saturated heterocycles. The van der Waals surface area contributed by atoms with E-state index in [0.717, 1.165) is 18.4 Å². The molecule has 0 spiro atoms. The number of carbonyl (C=O) groups excluding carboxylic acids is 1. The summed E-state index contributed by atoms with van der Waals surface area (Å²) in [6, 6.07) is 2.14. The van der Waals surface area contributed by atoms with Crippen molar-refractivity contribution in [3.05, 3.63) is 29.7 Å². The van der Waals surface area contributed by atoms with Crippen LogP contribution in [0.15, 0.2) is 18.5 Å². The predicted molar refractivity (Wildman–Crippen MR) is 103 cm³/mol. The van der Waals surface area contributed by atoms with Gasteiger partial charge in [-0.3, -0.25) is 19.2 Å². The zero-order valence-electron chi connectivity index (χ0n) is 16.5. The number of rotatable bonds is 8. The van der Waals surface area contributed by atoms with Crippen LogP contribution < -0.4 is 9.64 Å². The van der Waals surface area contributed by atoms with E-state index in [1.807, 2.05) is 13.0 Å². The summed E-state index contributed by atoms with van der Waals surface area (Å²) in [5.74, 6) is 0.590. The summed E-state index contributed by atoms with van der Waals surface area (Å²) >= 11 is 0. The van der Waals surface area contributed by atoms with E-state index in [4.69, 9.17) is 9.84 Å². The molecule has 1 amide bonds. The van der Waals surface area contributed by atoms with Gasteiger partial charge in [0, 0.05) is 32.9 Å². The Balaban J connectivity index is 2.02. The van der Waals surface area contributed by atoms with Gasteiger partial charge in [-0.25, -0.2) is 0 Å². The van der Waals surface area contributed by atoms with Crippen molar-refractivity contribution in [3.63, 3.8) is 0 Å². The van der Waals surface area contributed by atoms with Gasteiger partial charge >= 0.3 is 6.01 Å². The van der Waals surface area contributed by atoms with Crippen molar-refractivity contribution in [2.45, 2.75) is 46.0 Å². The van der Waals surface area contributed by atoms with Gasteiger partial charge in [-0.1, -0.05) is 13.3 Å². The van der Waals surface area contributed by atoms with Crippen molar-refractivity contribution in [2.75, 3.05) is 25.1 Å². The molecule has 0 radical (unpaired) electrons. The van der Waals surface area contributed by atoms with E-state index in [9.17, 15) is 9.90 Å². The number of aliphatic hydroxyl groups is 2. The summed E-state index contributed by atoms with van der Waals surface area (Å²) in [6.07, 6.45) is 4.36. The van der Waals surface area contributed by atoms with Crippen LogP contribution in [0, 0.1) is 6.92 Å². The Morgan fingerprint density at radius 1 is 1.25 bits per heavy atom. The molecular formula is C19H27N5O4. The predicted octanol–water partition coefficient (Wildman–Crippen LogP) is 1.73. The zero-order chi connectivity index (χ0) is 20.3. The Kier molecular flexibility index (Phi) is 6.15. The number of ether oxygens (including phenoxy) is 1. The molecule has 1 unspecified atom stereocenters. The highest BCUT2D eigenvalue weighted by Gasteiger charge is 2.40. The molecule has 9 heteroatoms. The fourth-order valence-corrected chi connectivity index (χ4v) is 3.18. The number of amides is 1. The molecule has 0 bridgehead atoms. The highest BCUT2D eigenvalue weighted by atomic mass is 16.5. The van der Waals surface area contributed by atoms with Crippen LogP contribution in [0.4, 0.5) is 5.82 Å². The van der Waals surface area contributed by atoms with Gasteiger partial charge in [-0.2, -0.15) is 4.98 Å². The van der Waals surface area contributed by atoms with Crippen molar-refractivity contribution in [3.8, 4) is 11.8 Å². The molecule has 152 valence electrons. The minimum absolute atomic E-state index is 0.0586. The molecule has 9 nitrogen and oxygen atoms in total. The average Bonchev–Trinajstić information content (AvgIpc) is 3.03. The van der Waals surface area contributed by atoms with Crippen molar-refractivity contribution in [1.82, 2.24) is 19.4 Å². The molecule has 1 aliphatic heterocycles. The molecule has 2 aromatic rings. The van der Waals surface area contributed by atoms with Crippen molar-refractivity contribution < 1.29 is 19.7 Å². The van der Waals surface area contributed by atoms with Gasteiger partial charge in [-0.15, -0.1) is 0 Å². The van der Waals surface area contributed by atoms with Crippen LogP contribution in [0.25, 0.3) is 0 Å². The first-order valence-corrected chi connectivity index (χ1v) is 9.50. The monoisotopic (exact) mass is 389 g/mol. The van der Waals surface area contributed by atoms with Gasteiger partial charge in [0.25, 0.3) is 5.91 Å². The number of carbonyl (C=O) groups is 1. The number of aliphatic hydroxyl groups excluding tert-OH is 2. The van der Waals surface area contributed by atoms with Crippen LogP contribution in [0.5, 0.6) is 11.8 Å². The number of unbranched alkanes of at least 4 members (excludes halogenated alkanes) is 1. The Morgan fingerprint density at radius 2 is 2.04 bits per heavy atom. The second-order valence-corrected chi connectivity index (χ2v) is 6.90. The quantitative estimate of drug-likeness (QED) is 0.708. The minimum Gasteiger partial charge on any atom is -0.424 e. The van der Waals surface area contributed by atoms with Crippen LogP contribution in [0.2, 0.25) is 0 Å². The van der Waals surface area contributed by atoms with Crippen molar-refractivity contribution >= 4 is 11.7 Å². The van der Waals surface area contributed by atoms with E-state index < -0.39 is 6.35 Å². The van der Waals surface area contributed by atoms with E-state index in [2.05, 4.69) is 16.9 Å². The van der Waals surface area contributed by atoms with Crippen LogP contribution in [0.1, 0.15) is 42.2 Å². The third-order valence-electron chi connectivity index (χ3n) is 4.69. The summed E-state index contributed by atoms with van der Waals surface area (Å²) in [5.41, 5.74) is 1.34. The maximum absolute atomic E-state index is 13.1. The highest BCUT2D eigenvalue weighted by molar-refractivity contribution is 5.99. The fourth-order valence-electron chi connectivity index (χ4n) is 3.18. The molecule has 0 aliphatic carbocycles. The Labute approximate surface area is 164 Å². The van der Waals surface area contributed by atoms with E-state index in [1.165, 1.54) is 9.80 Å². The number of hydrogen-bond donors (Lipinski definition) is 2. The van der Waals surface area contributed by atoms with E-state index in [-0.39, 0.29) is 19.1 Å². The van der Waals surface area contributed by atoms with E-state index in [0.29, 0.717) is 36.2 Å². The lowest BCUT2D eigenvalue weighted by Gasteiger charge is -2.38. The minimum atomic E-state index is -1.14. The number of pyridine rings is 1. The summed E-state index contributed by atoms with van der Waals surface area (Å²) in [5, 5.41) is 19.6. The number of aryl methyl sites for hydroxylation is 1. The topological polar surface area (TPSA) is 104 Å². The van der Waals surface area contributed by atoms with Gasteiger partial charge in [0.2, 0.25) is 6.35 Å². The maximum Gasteiger partial charge on any atom is 0.304 e. The fraction of sp³-hybridized carbons (Fsp3) is 0.526. The first kappa shape index (κ1) is 20.1. The summed E-state index contributed by atoms with van der Waals surface area (Å²) in [7, 11) is 1.68. The molecule has 3 rings (SSSR count). The molecule has 0 aromatic carbocycles. The second kappa shape index (κ2) is 8.57. The third-order valence-corrected chi connectivity index (χ3v) is 4.69. The lowest BCUT2D eigenvalue weighted by molar-refractivity contribution is 0.00106. The molecule has 1 atom stereocenters. The lowest BCUT2D eigenvalue weighted by Crippen LogP contribution is -2.54. The highest BCUT2D eigenvalue weighted by Crippen LogP contribution is 2.34.